The normalized spacial score (nSPS) is 19.4. The van der Waals surface area contributed by atoms with Gasteiger partial charge in [0.1, 0.15) is 18.8 Å². The van der Waals surface area contributed by atoms with Crippen LogP contribution in [-0.2, 0) is 9.47 Å². The molecule has 1 aliphatic heterocycles. The minimum absolute atomic E-state index is 0.147. The molecule has 1 fully saturated rings. The van der Waals surface area contributed by atoms with Crippen molar-refractivity contribution in [3.05, 3.63) is 24.3 Å². The SMILES string of the molecule is COCOC1CCN1c1ccc(OC)cc1. The largest absolute Gasteiger partial charge is 0.497 e. The number of hydrogen-bond acceptors (Lipinski definition) is 4. The summed E-state index contributed by atoms with van der Waals surface area (Å²) in [5, 5.41) is 0. The highest BCUT2D eigenvalue weighted by atomic mass is 16.7. The van der Waals surface area contributed by atoms with Gasteiger partial charge in [-0.2, -0.15) is 0 Å². The second kappa shape index (κ2) is 5.18. The van der Waals surface area contributed by atoms with Crippen LogP contribution in [0.3, 0.4) is 0 Å². The number of benzene rings is 1. The molecule has 0 saturated carbocycles. The van der Waals surface area contributed by atoms with Gasteiger partial charge in [0.2, 0.25) is 0 Å². The molecule has 16 heavy (non-hydrogen) atoms. The first-order valence-electron chi connectivity index (χ1n) is 5.36. The average Bonchev–Trinajstić information content (AvgIpc) is 2.29. The quantitative estimate of drug-likeness (QED) is 0.713. The van der Waals surface area contributed by atoms with E-state index in [4.69, 9.17) is 14.2 Å². The maximum Gasteiger partial charge on any atom is 0.148 e. The van der Waals surface area contributed by atoms with Crippen molar-refractivity contribution in [2.75, 3.05) is 32.5 Å². The monoisotopic (exact) mass is 223 g/mol. The zero-order valence-electron chi connectivity index (χ0n) is 9.68. The summed E-state index contributed by atoms with van der Waals surface area (Å²) < 4.78 is 15.5. The van der Waals surface area contributed by atoms with Gasteiger partial charge >= 0.3 is 0 Å². The minimum atomic E-state index is 0.147. The van der Waals surface area contributed by atoms with E-state index in [9.17, 15) is 0 Å². The molecule has 1 aromatic rings. The highest BCUT2D eigenvalue weighted by molar-refractivity contribution is 5.51. The van der Waals surface area contributed by atoms with Crippen LogP contribution < -0.4 is 9.64 Å². The number of anilines is 1. The van der Waals surface area contributed by atoms with Gasteiger partial charge in [-0.25, -0.2) is 0 Å². The fraction of sp³-hybridized carbons (Fsp3) is 0.500. The standard InChI is InChI=1S/C12H17NO3/c1-14-9-16-12-7-8-13(12)10-3-5-11(15-2)6-4-10/h3-6,12H,7-9H2,1-2H3. The van der Waals surface area contributed by atoms with Gasteiger partial charge in [-0.05, 0) is 24.3 Å². The highest BCUT2D eigenvalue weighted by Gasteiger charge is 2.28. The van der Waals surface area contributed by atoms with Crippen molar-refractivity contribution in [1.82, 2.24) is 0 Å². The first kappa shape index (κ1) is 11.2. The number of methoxy groups -OCH3 is 2. The van der Waals surface area contributed by atoms with Crippen molar-refractivity contribution < 1.29 is 14.2 Å². The van der Waals surface area contributed by atoms with Gasteiger partial charge in [-0.1, -0.05) is 0 Å². The molecule has 0 N–H and O–H groups in total. The second-order valence-electron chi connectivity index (χ2n) is 3.71. The zero-order valence-corrected chi connectivity index (χ0v) is 9.68. The zero-order chi connectivity index (χ0) is 11.4. The molecular formula is C12H17NO3. The van der Waals surface area contributed by atoms with Crippen LogP contribution in [0, 0.1) is 0 Å². The fourth-order valence-corrected chi connectivity index (χ4v) is 1.75. The first-order chi connectivity index (χ1) is 7.85. The van der Waals surface area contributed by atoms with Crippen LogP contribution in [-0.4, -0.2) is 33.8 Å². The molecule has 4 heteroatoms. The third-order valence-electron chi connectivity index (χ3n) is 2.75. The molecule has 0 bridgehead atoms. The predicted octanol–water partition coefficient (Wildman–Crippen LogP) is 1.85. The van der Waals surface area contributed by atoms with Crippen molar-refractivity contribution in [2.45, 2.75) is 12.6 Å². The molecule has 88 valence electrons. The van der Waals surface area contributed by atoms with Crippen LogP contribution in [0.1, 0.15) is 6.42 Å². The lowest BCUT2D eigenvalue weighted by Crippen LogP contribution is -2.49. The fourth-order valence-electron chi connectivity index (χ4n) is 1.75. The van der Waals surface area contributed by atoms with Gasteiger partial charge in [-0.15, -0.1) is 0 Å². The molecule has 0 radical (unpaired) electrons. The average molecular weight is 223 g/mol. The van der Waals surface area contributed by atoms with E-state index >= 15 is 0 Å². The Labute approximate surface area is 95.7 Å². The molecule has 2 rings (SSSR count). The highest BCUT2D eigenvalue weighted by Crippen LogP contribution is 2.28. The first-order valence-corrected chi connectivity index (χ1v) is 5.36. The lowest BCUT2D eigenvalue weighted by atomic mass is 10.1. The van der Waals surface area contributed by atoms with Crippen LogP contribution in [0.5, 0.6) is 5.75 Å². The molecule has 1 aromatic carbocycles. The van der Waals surface area contributed by atoms with Crippen LogP contribution in [0.15, 0.2) is 24.3 Å². The number of rotatable bonds is 5. The number of nitrogens with zero attached hydrogens (tertiary/aromatic N) is 1. The van der Waals surface area contributed by atoms with Gasteiger partial charge < -0.3 is 19.1 Å². The third kappa shape index (κ3) is 2.28. The van der Waals surface area contributed by atoms with Crippen LogP contribution in [0.4, 0.5) is 5.69 Å². The summed E-state index contributed by atoms with van der Waals surface area (Å²) >= 11 is 0. The van der Waals surface area contributed by atoms with E-state index in [-0.39, 0.29) is 6.23 Å². The minimum Gasteiger partial charge on any atom is -0.497 e. The molecule has 1 heterocycles. The Morgan fingerprint density at radius 3 is 2.50 bits per heavy atom. The third-order valence-corrected chi connectivity index (χ3v) is 2.75. The van der Waals surface area contributed by atoms with Gasteiger partial charge in [0.05, 0.1) is 7.11 Å². The summed E-state index contributed by atoms with van der Waals surface area (Å²) in [4.78, 5) is 2.21. The van der Waals surface area contributed by atoms with E-state index in [0.29, 0.717) is 6.79 Å². The van der Waals surface area contributed by atoms with Gasteiger partial charge in [-0.3, -0.25) is 0 Å². The Hall–Kier alpha value is -1.26. The van der Waals surface area contributed by atoms with E-state index in [1.165, 1.54) is 0 Å². The summed E-state index contributed by atoms with van der Waals surface area (Å²) in [5.74, 6) is 0.874. The Morgan fingerprint density at radius 2 is 2.00 bits per heavy atom. The smallest absolute Gasteiger partial charge is 0.148 e. The van der Waals surface area contributed by atoms with Crippen LogP contribution >= 0.6 is 0 Å². The van der Waals surface area contributed by atoms with Crippen molar-refractivity contribution in [1.29, 1.82) is 0 Å². The topological polar surface area (TPSA) is 30.9 Å². The molecule has 1 atom stereocenters. The van der Waals surface area contributed by atoms with E-state index in [2.05, 4.69) is 4.90 Å². The molecule has 1 aliphatic rings. The molecule has 0 aromatic heterocycles. The second-order valence-corrected chi connectivity index (χ2v) is 3.71. The van der Waals surface area contributed by atoms with Gasteiger partial charge in [0.25, 0.3) is 0 Å². The van der Waals surface area contributed by atoms with Gasteiger partial charge in [0, 0.05) is 25.8 Å². The van der Waals surface area contributed by atoms with Crippen molar-refractivity contribution in [2.24, 2.45) is 0 Å². The summed E-state index contributed by atoms with van der Waals surface area (Å²) in [6.07, 6.45) is 1.20. The maximum atomic E-state index is 5.52. The van der Waals surface area contributed by atoms with Crippen molar-refractivity contribution in [3.63, 3.8) is 0 Å². The molecule has 1 saturated heterocycles. The molecule has 0 aliphatic carbocycles. The molecule has 0 amide bonds. The Balaban J connectivity index is 1.95. The summed E-state index contributed by atoms with van der Waals surface area (Å²) in [6, 6.07) is 8.00. The Morgan fingerprint density at radius 1 is 1.25 bits per heavy atom. The van der Waals surface area contributed by atoms with Crippen molar-refractivity contribution >= 4 is 5.69 Å². The predicted molar refractivity (Wildman–Crippen MR) is 61.7 cm³/mol. The van der Waals surface area contributed by atoms with Crippen LogP contribution in [0.25, 0.3) is 0 Å². The maximum absolute atomic E-state index is 5.52. The van der Waals surface area contributed by atoms with E-state index < -0.39 is 0 Å². The van der Waals surface area contributed by atoms with Crippen molar-refractivity contribution in [3.8, 4) is 5.75 Å². The lowest BCUT2D eigenvalue weighted by molar-refractivity contribution is -0.0899. The lowest BCUT2D eigenvalue weighted by Gasteiger charge is -2.42. The van der Waals surface area contributed by atoms with Gasteiger partial charge in [0.15, 0.2) is 0 Å². The molecule has 4 nitrogen and oxygen atoms in total. The summed E-state index contributed by atoms with van der Waals surface area (Å²) in [5.41, 5.74) is 1.16. The Kier molecular flexibility index (Phi) is 3.64. The number of ether oxygens (including phenoxy) is 3. The van der Waals surface area contributed by atoms with E-state index in [1.807, 2.05) is 24.3 Å². The van der Waals surface area contributed by atoms with E-state index in [0.717, 1.165) is 24.4 Å². The molecular weight excluding hydrogens is 206 g/mol. The van der Waals surface area contributed by atoms with Crippen LogP contribution in [0.2, 0.25) is 0 Å². The Bertz CT molecular complexity index is 326. The van der Waals surface area contributed by atoms with E-state index in [1.54, 1.807) is 14.2 Å². The summed E-state index contributed by atoms with van der Waals surface area (Å²) in [7, 11) is 3.31. The molecule has 1 unspecified atom stereocenters. The summed E-state index contributed by atoms with van der Waals surface area (Å²) in [6.45, 7) is 1.37. The number of hydrogen-bond donors (Lipinski definition) is 0. The molecule has 0 spiro atoms.